The van der Waals surface area contributed by atoms with Crippen LogP contribution < -0.4 is 15.5 Å². The summed E-state index contributed by atoms with van der Waals surface area (Å²) >= 11 is 0.292. The van der Waals surface area contributed by atoms with Gasteiger partial charge < -0.3 is 10.6 Å². The number of likely N-dealkylation sites (N-methyl/N-ethyl adjacent to an activating group) is 1. The van der Waals surface area contributed by atoms with Gasteiger partial charge in [-0.25, -0.2) is 0 Å². The van der Waals surface area contributed by atoms with Gasteiger partial charge in [-0.05, 0) is 25.3 Å². The average molecular weight is 405 g/mol. The molecule has 0 aliphatic carbocycles. The first kappa shape index (κ1) is 21.3. The third-order valence-electron chi connectivity index (χ3n) is 3.94. The average Bonchev–Trinajstić information content (AvgIpc) is 2.99. The van der Waals surface area contributed by atoms with Crippen LogP contribution >= 0.6 is 11.3 Å². The summed E-state index contributed by atoms with van der Waals surface area (Å²) in [6, 6.07) is -0.564. The molecule has 2 rings (SSSR count). The van der Waals surface area contributed by atoms with Crippen LogP contribution in [0.3, 0.4) is 0 Å². The van der Waals surface area contributed by atoms with Gasteiger partial charge in [-0.2, -0.15) is 13.2 Å². The van der Waals surface area contributed by atoms with Crippen molar-refractivity contribution in [3.8, 4) is 0 Å². The van der Waals surface area contributed by atoms with Gasteiger partial charge in [0.05, 0.1) is 6.04 Å². The lowest BCUT2D eigenvalue weighted by Gasteiger charge is -2.28. The standard InChI is InChI=1S/C16H22F3N5O2S/c1-9(2)8-10(21-13(26)11-6-7-20-11)4-5-12(25)24(3)15-23-22-14(27-15)16(17,18)19/h4-5,9-11,20H,6-8H2,1-3H3,(H,21,26)/b5-4+/t10-,11?/m1/s1. The molecule has 0 bridgehead atoms. The molecule has 2 atom stereocenters. The largest absolute Gasteiger partial charge is 0.445 e. The predicted octanol–water partition coefficient (Wildman–Crippen LogP) is 1.97. The number of hydrogen-bond donors (Lipinski definition) is 2. The molecule has 27 heavy (non-hydrogen) atoms. The van der Waals surface area contributed by atoms with E-state index in [1.807, 2.05) is 13.8 Å². The SMILES string of the molecule is CC(C)C[C@@H](/C=C/C(=O)N(C)c1nnc(C(F)(F)F)s1)NC(=O)C1CCN1. The molecule has 1 aromatic heterocycles. The van der Waals surface area contributed by atoms with E-state index in [0.29, 0.717) is 17.8 Å². The van der Waals surface area contributed by atoms with E-state index in [2.05, 4.69) is 20.8 Å². The Labute approximate surface area is 159 Å². The van der Waals surface area contributed by atoms with Gasteiger partial charge in [0.15, 0.2) is 0 Å². The molecule has 1 aliphatic heterocycles. The fourth-order valence-electron chi connectivity index (χ4n) is 2.36. The number of alkyl halides is 3. The molecule has 1 aliphatic rings. The normalized spacial score (nSPS) is 18.4. The Bertz CT molecular complexity index is 700. The van der Waals surface area contributed by atoms with Crippen molar-refractivity contribution >= 4 is 28.3 Å². The first-order valence-electron chi connectivity index (χ1n) is 8.48. The van der Waals surface area contributed by atoms with Gasteiger partial charge in [0.1, 0.15) is 0 Å². The maximum atomic E-state index is 12.6. The Morgan fingerprint density at radius 2 is 2.07 bits per heavy atom. The predicted molar refractivity (Wildman–Crippen MR) is 95.3 cm³/mol. The Kier molecular flexibility index (Phi) is 6.93. The van der Waals surface area contributed by atoms with Crippen molar-refractivity contribution in [2.75, 3.05) is 18.5 Å². The number of aromatic nitrogens is 2. The maximum absolute atomic E-state index is 12.6. The van der Waals surface area contributed by atoms with Gasteiger partial charge in [0, 0.05) is 19.2 Å². The van der Waals surface area contributed by atoms with E-state index < -0.39 is 17.1 Å². The molecular formula is C16H22F3N5O2S. The minimum absolute atomic E-state index is 0.128. The first-order chi connectivity index (χ1) is 12.6. The molecule has 150 valence electrons. The molecule has 0 spiro atoms. The Balaban J connectivity index is 2.01. The summed E-state index contributed by atoms with van der Waals surface area (Å²) in [7, 11) is 1.32. The van der Waals surface area contributed by atoms with Gasteiger partial charge in [-0.1, -0.05) is 31.3 Å². The number of nitrogens with one attached hydrogen (secondary N) is 2. The van der Waals surface area contributed by atoms with E-state index >= 15 is 0 Å². The van der Waals surface area contributed by atoms with E-state index in [1.54, 1.807) is 6.08 Å². The topological polar surface area (TPSA) is 87.2 Å². The number of hydrogen-bond acceptors (Lipinski definition) is 6. The Morgan fingerprint density at radius 1 is 1.41 bits per heavy atom. The number of carbonyl (C=O) groups excluding carboxylic acids is 2. The summed E-state index contributed by atoms with van der Waals surface area (Å²) < 4.78 is 37.8. The Hall–Kier alpha value is -2.01. The van der Waals surface area contributed by atoms with Crippen molar-refractivity contribution in [3.05, 3.63) is 17.2 Å². The number of halogens is 3. The number of carbonyl (C=O) groups is 2. The zero-order chi connectivity index (χ0) is 20.2. The second kappa shape index (κ2) is 8.79. The van der Waals surface area contributed by atoms with Crippen LogP contribution in [-0.2, 0) is 15.8 Å². The molecule has 2 heterocycles. The molecule has 0 radical (unpaired) electrons. The molecule has 2 amide bonds. The Morgan fingerprint density at radius 3 is 2.56 bits per heavy atom. The molecule has 11 heteroatoms. The van der Waals surface area contributed by atoms with E-state index in [9.17, 15) is 22.8 Å². The molecule has 0 saturated carbocycles. The van der Waals surface area contributed by atoms with E-state index in [4.69, 9.17) is 0 Å². The summed E-state index contributed by atoms with van der Waals surface area (Å²) in [5, 5.41) is 11.1. The van der Waals surface area contributed by atoms with Crippen LogP contribution in [0.1, 0.15) is 31.7 Å². The summed E-state index contributed by atoms with van der Waals surface area (Å²) in [5.41, 5.74) is 0. The first-order valence-corrected chi connectivity index (χ1v) is 9.30. The van der Waals surface area contributed by atoms with E-state index in [-0.39, 0.29) is 29.0 Å². The lowest BCUT2D eigenvalue weighted by molar-refractivity contribution is -0.138. The van der Waals surface area contributed by atoms with Crippen molar-refractivity contribution < 1.29 is 22.8 Å². The highest BCUT2D eigenvalue weighted by molar-refractivity contribution is 7.15. The lowest BCUT2D eigenvalue weighted by Crippen LogP contribution is -2.55. The molecule has 2 N–H and O–H groups in total. The van der Waals surface area contributed by atoms with Gasteiger partial charge in [-0.15, -0.1) is 10.2 Å². The smallest absolute Gasteiger partial charge is 0.349 e. The van der Waals surface area contributed by atoms with Gasteiger partial charge in [0.25, 0.3) is 5.91 Å². The molecular weight excluding hydrogens is 383 g/mol. The minimum Gasteiger partial charge on any atom is -0.349 e. The van der Waals surface area contributed by atoms with Crippen molar-refractivity contribution in [3.63, 3.8) is 0 Å². The highest BCUT2D eigenvalue weighted by Crippen LogP contribution is 2.34. The second-order valence-corrected chi connectivity index (χ2v) is 7.64. The highest BCUT2D eigenvalue weighted by atomic mass is 32.1. The number of rotatable bonds is 7. The van der Waals surface area contributed by atoms with Crippen molar-refractivity contribution in [2.45, 2.75) is 44.9 Å². The van der Waals surface area contributed by atoms with Crippen LogP contribution in [0.15, 0.2) is 12.2 Å². The minimum atomic E-state index is -4.60. The molecule has 7 nitrogen and oxygen atoms in total. The summed E-state index contributed by atoms with van der Waals surface area (Å²) in [4.78, 5) is 25.3. The second-order valence-electron chi connectivity index (χ2n) is 6.68. The molecule has 1 saturated heterocycles. The number of anilines is 1. The van der Waals surface area contributed by atoms with E-state index in [0.717, 1.165) is 17.9 Å². The van der Waals surface area contributed by atoms with Crippen molar-refractivity contribution in [1.29, 1.82) is 0 Å². The number of nitrogens with zero attached hydrogens (tertiary/aromatic N) is 3. The highest BCUT2D eigenvalue weighted by Gasteiger charge is 2.36. The van der Waals surface area contributed by atoms with Crippen LogP contribution in [0, 0.1) is 5.92 Å². The van der Waals surface area contributed by atoms with Crippen molar-refractivity contribution in [2.24, 2.45) is 5.92 Å². The molecule has 1 fully saturated rings. The van der Waals surface area contributed by atoms with Crippen molar-refractivity contribution in [1.82, 2.24) is 20.8 Å². The molecule has 0 aromatic carbocycles. The lowest BCUT2D eigenvalue weighted by atomic mass is 10.0. The fraction of sp³-hybridized carbons (Fsp3) is 0.625. The number of amides is 2. The van der Waals surface area contributed by atoms with Crippen LogP contribution in [0.2, 0.25) is 0 Å². The van der Waals surface area contributed by atoms with Crippen LogP contribution in [0.25, 0.3) is 0 Å². The summed E-state index contributed by atoms with van der Waals surface area (Å²) in [5.74, 6) is -0.402. The summed E-state index contributed by atoms with van der Waals surface area (Å²) in [6.07, 6.45) is -0.414. The maximum Gasteiger partial charge on any atom is 0.445 e. The zero-order valence-corrected chi connectivity index (χ0v) is 16.0. The van der Waals surface area contributed by atoms with Crippen LogP contribution in [-0.4, -0.2) is 47.7 Å². The van der Waals surface area contributed by atoms with Gasteiger partial charge in [0.2, 0.25) is 16.0 Å². The third-order valence-corrected chi connectivity index (χ3v) is 4.98. The van der Waals surface area contributed by atoms with Gasteiger partial charge >= 0.3 is 6.18 Å². The monoisotopic (exact) mass is 405 g/mol. The zero-order valence-electron chi connectivity index (χ0n) is 15.2. The summed E-state index contributed by atoms with van der Waals surface area (Å²) in [6.45, 7) is 4.78. The quantitative estimate of drug-likeness (QED) is 0.678. The van der Waals surface area contributed by atoms with E-state index in [1.165, 1.54) is 13.1 Å². The molecule has 1 unspecified atom stereocenters. The van der Waals surface area contributed by atoms with Gasteiger partial charge in [-0.3, -0.25) is 14.5 Å². The fourth-order valence-corrected chi connectivity index (χ4v) is 3.04. The molecule has 1 aromatic rings. The van der Waals surface area contributed by atoms with Crippen LogP contribution in [0.4, 0.5) is 18.3 Å². The third kappa shape index (κ3) is 5.99. The van der Waals surface area contributed by atoms with Crippen LogP contribution in [0.5, 0.6) is 0 Å².